The number of nitrogens with one attached hydrogen (secondary N) is 1. The number of benzene rings is 1. The Kier molecular flexibility index (Phi) is 5.32. The molecule has 2 rings (SSSR count). The molecule has 1 fully saturated rings. The first-order valence-electron chi connectivity index (χ1n) is 8.55. The Morgan fingerprint density at radius 2 is 1.76 bits per heavy atom. The van der Waals surface area contributed by atoms with Crippen molar-refractivity contribution in [2.75, 3.05) is 6.54 Å². The molecule has 0 amide bonds. The maximum Gasteiger partial charge on any atom is 0.125 e. The van der Waals surface area contributed by atoms with Crippen LogP contribution in [0.15, 0.2) is 18.2 Å². The van der Waals surface area contributed by atoms with Gasteiger partial charge in [-0.3, -0.25) is 0 Å². The van der Waals surface area contributed by atoms with Crippen molar-refractivity contribution >= 4 is 0 Å². The smallest absolute Gasteiger partial charge is 0.125 e. The van der Waals surface area contributed by atoms with E-state index in [1.165, 1.54) is 30.4 Å². The van der Waals surface area contributed by atoms with Crippen LogP contribution in [0, 0.1) is 19.3 Å². The van der Waals surface area contributed by atoms with Gasteiger partial charge in [-0.15, -0.1) is 0 Å². The van der Waals surface area contributed by atoms with E-state index in [2.05, 4.69) is 58.1 Å². The summed E-state index contributed by atoms with van der Waals surface area (Å²) >= 11 is 0. The summed E-state index contributed by atoms with van der Waals surface area (Å²) < 4.78 is 6.48. The topological polar surface area (TPSA) is 21.3 Å². The van der Waals surface area contributed by atoms with Gasteiger partial charge in [0.25, 0.3) is 0 Å². The number of rotatable bonds is 7. The van der Waals surface area contributed by atoms with Crippen LogP contribution in [0.25, 0.3) is 0 Å². The summed E-state index contributed by atoms with van der Waals surface area (Å²) in [5.74, 6) is 1.10. The lowest BCUT2D eigenvalue weighted by Gasteiger charge is -2.55. The van der Waals surface area contributed by atoms with Gasteiger partial charge in [0, 0.05) is 17.9 Å². The second kappa shape index (κ2) is 6.83. The van der Waals surface area contributed by atoms with Gasteiger partial charge in [0.1, 0.15) is 11.9 Å². The Hall–Kier alpha value is -1.02. The quantitative estimate of drug-likeness (QED) is 0.790. The molecule has 1 saturated carbocycles. The average Bonchev–Trinajstić information content (AvgIpc) is 2.46. The molecule has 0 aromatic heterocycles. The monoisotopic (exact) mass is 289 g/mol. The van der Waals surface area contributed by atoms with Crippen LogP contribution in [0.1, 0.15) is 57.6 Å². The highest BCUT2D eigenvalue weighted by Gasteiger charge is 2.54. The van der Waals surface area contributed by atoms with Gasteiger partial charge in [-0.1, -0.05) is 39.0 Å². The largest absolute Gasteiger partial charge is 0.489 e. The minimum atomic E-state index is 0.296. The van der Waals surface area contributed by atoms with Crippen LogP contribution in [-0.2, 0) is 0 Å². The van der Waals surface area contributed by atoms with Gasteiger partial charge < -0.3 is 10.1 Å². The average molecular weight is 289 g/mol. The van der Waals surface area contributed by atoms with Crippen LogP contribution in [0.5, 0.6) is 5.75 Å². The first-order valence-corrected chi connectivity index (χ1v) is 8.55. The highest BCUT2D eigenvalue weighted by Crippen LogP contribution is 2.49. The fourth-order valence-corrected chi connectivity index (χ4v) is 3.84. The first-order chi connectivity index (χ1) is 10.1. The van der Waals surface area contributed by atoms with E-state index in [4.69, 9.17) is 4.74 Å². The Morgan fingerprint density at radius 3 is 2.29 bits per heavy atom. The maximum absolute atomic E-state index is 6.48. The molecule has 0 aliphatic heterocycles. The Labute approximate surface area is 130 Å². The lowest BCUT2D eigenvalue weighted by atomic mass is 9.58. The third-order valence-corrected chi connectivity index (χ3v) is 5.41. The summed E-state index contributed by atoms with van der Waals surface area (Å²) in [7, 11) is 0. The number of para-hydroxylation sites is 1. The molecule has 2 nitrogen and oxygen atoms in total. The van der Waals surface area contributed by atoms with E-state index in [-0.39, 0.29) is 0 Å². The number of aryl methyl sites for hydroxylation is 2. The van der Waals surface area contributed by atoms with Crippen LogP contribution in [0.3, 0.4) is 0 Å². The molecule has 0 saturated heterocycles. The minimum absolute atomic E-state index is 0.296. The Bertz CT molecular complexity index is 444. The molecule has 1 aromatic rings. The lowest BCUT2D eigenvalue weighted by Crippen LogP contribution is -2.64. The molecule has 2 atom stereocenters. The van der Waals surface area contributed by atoms with Gasteiger partial charge in [0.05, 0.1) is 0 Å². The standard InChI is InChI=1S/C19H31NO/c1-6-12-20-16-13-17(19(16,7-2)8-3)21-18-14(4)10-9-11-15(18)5/h9-11,16-17,20H,6-8,12-13H2,1-5H3. The van der Waals surface area contributed by atoms with Crippen molar-refractivity contribution in [2.24, 2.45) is 5.41 Å². The van der Waals surface area contributed by atoms with Gasteiger partial charge in [-0.2, -0.15) is 0 Å². The van der Waals surface area contributed by atoms with Gasteiger partial charge in [-0.25, -0.2) is 0 Å². The molecule has 21 heavy (non-hydrogen) atoms. The van der Waals surface area contributed by atoms with Crippen molar-refractivity contribution in [1.29, 1.82) is 0 Å². The van der Waals surface area contributed by atoms with Crippen LogP contribution in [0.4, 0.5) is 0 Å². The zero-order valence-electron chi connectivity index (χ0n) is 14.3. The fraction of sp³-hybridized carbons (Fsp3) is 0.684. The molecule has 118 valence electrons. The predicted octanol–water partition coefficient (Wildman–Crippen LogP) is 4.63. The molecule has 2 unspecified atom stereocenters. The van der Waals surface area contributed by atoms with Gasteiger partial charge in [0.2, 0.25) is 0 Å². The highest BCUT2D eigenvalue weighted by atomic mass is 16.5. The third kappa shape index (κ3) is 2.96. The van der Waals surface area contributed by atoms with Gasteiger partial charge >= 0.3 is 0 Å². The highest BCUT2D eigenvalue weighted by molar-refractivity contribution is 5.40. The zero-order chi connectivity index (χ0) is 15.5. The van der Waals surface area contributed by atoms with Crippen molar-refractivity contribution in [1.82, 2.24) is 5.32 Å². The van der Waals surface area contributed by atoms with E-state index in [0.717, 1.165) is 18.7 Å². The van der Waals surface area contributed by atoms with E-state index in [1.54, 1.807) is 0 Å². The molecular weight excluding hydrogens is 258 g/mol. The van der Waals surface area contributed by atoms with Crippen molar-refractivity contribution in [3.8, 4) is 5.75 Å². The SMILES string of the molecule is CCCNC1CC(Oc2c(C)cccc2C)C1(CC)CC. The number of hydrogen-bond donors (Lipinski definition) is 1. The second-order valence-corrected chi connectivity index (χ2v) is 6.51. The molecule has 2 heteroatoms. The van der Waals surface area contributed by atoms with E-state index in [9.17, 15) is 0 Å². The summed E-state index contributed by atoms with van der Waals surface area (Å²) in [6.07, 6.45) is 5.04. The number of ether oxygens (including phenoxy) is 1. The zero-order valence-corrected chi connectivity index (χ0v) is 14.3. The molecule has 0 spiro atoms. The summed E-state index contributed by atoms with van der Waals surface area (Å²) in [6.45, 7) is 12.3. The van der Waals surface area contributed by atoms with E-state index in [1.807, 2.05) is 0 Å². The van der Waals surface area contributed by atoms with E-state index in [0.29, 0.717) is 17.6 Å². The van der Waals surface area contributed by atoms with Crippen molar-refractivity contribution in [3.63, 3.8) is 0 Å². The summed E-state index contributed by atoms with van der Waals surface area (Å²) in [5.41, 5.74) is 2.80. The normalized spacial score (nSPS) is 23.7. The van der Waals surface area contributed by atoms with Crippen molar-refractivity contribution < 1.29 is 4.74 Å². The van der Waals surface area contributed by atoms with Crippen molar-refractivity contribution in [3.05, 3.63) is 29.3 Å². The molecule has 1 aromatic carbocycles. The molecule has 1 aliphatic rings. The van der Waals surface area contributed by atoms with Gasteiger partial charge in [-0.05, 0) is 50.8 Å². The summed E-state index contributed by atoms with van der Waals surface area (Å²) in [4.78, 5) is 0. The predicted molar refractivity (Wildman–Crippen MR) is 90.0 cm³/mol. The van der Waals surface area contributed by atoms with Crippen LogP contribution in [-0.4, -0.2) is 18.7 Å². The Balaban J connectivity index is 2.13. The lowest BCUT2D eigenvalue weighted by molar-refractivity contribution is -0.0863. The van der Waals surface area contributed by atoms with Crippen LogP contribution >= 0.6 is 0 Å². The van der Waals surface area contributed by atoms with E-state index >= 15 is 0 Å². The molecule has 1 N–H and O–H groups in total. The molecule has 1 aliphatic carbocycles. The van der Waals surface area contributed by atoms with Crippen LogP contribution < -0.4 is 10.1 Å². The minimum Gasteiger partial charge on any atom is -0.489 e. The Morgan fingerprint density at radius 1 is 1.14 bits per heavy atom. The summed E-state index contributed by atoms with van der Waals surface area (Å²) in [5, 5.41) is 3.73. The third-order valence-electron chi connectivity index (χ3n) is 5.41. The molecule has 0 heterocycles. The second-order valence-electron chi connectivity index (χ2n) is 6.51. The maximum atomic E-state index is 6.48. The van der Waals surface area contributed by atoms with Gasteiger partial charge in [0.15, 0.2) is 0 Å². The summed E-state index contributed by atoms with van der Waals surface area (Å²) in [6, 6.07) is 7.01. The molecule has 0 bridgehead atoms. The molecular formula is C19H31NO. The van der Waals surface area contributed by atoms with Crippen molar-refractivity contribution in [2.45, 2.75) is 72.4 Å². The van der Waals surface area contributed by atoms with E-state index < -0.39 is 0 Å². The number of hydrogen-bond acceptors (Lipinski definition) is 2. The fourth-order valence-electron chi connectivity index (χ4n) is 3.84. The molecule has 0 radical (unpaired) electrons. The first kappa shape index (κ1) is 16.4. The van der Waals surface area contributed by atoms with Crippen LogP contribution in [0.2, 0.25) is 0 Å².